The molecule has 0 bridgehead atoms. The summed E-state index contributed by atoms with van der Waals surface area (Å²) in [5, 5.41) is 30.5. The van der Waals surface area contributed by atoms with Crippen molar-refractivity contribution in [1.82, 2.24) is 20.4 Å². The van der Waals surface area contributed by atoms with E-state index >= 15 is 0 Å². The van der Waals surface area contributed by atoms with Crippen molar-refractivity contribution in [3.05, 3.63) is 82.5 Å². The zero-order valence-electron chi connectivity index (χ0n) is 36.1. The number of hydrogen-bond donors (Lipinski definition) is 4. The van der Waals surface area contributed by atoms with Gasteiger partial charge in [0, 0.05) is 78.2 Å². The summed E-state index contributed by atoms with van der Waals surface area (Å²) in [6.07, 6.45) is 9.93. The van der Waals surface area contributed by atoms with Crippen molar-refractivity contribution in [2.45, 2.75) is 102 Å². The van der Waals surface area contributed by atoms with E-state index in [1.165, 1.54) is 21.6 Å². The Bertz CT molecular complexity index is 2790. The molecule has 2 atom stereocenters. The van der Waals surface area contributed by atoms with Crippen LogP contribution in [0.25, 0.3) is 43.1 Å². The lowest BCUT2D eigenvalue weighted by molar-refractivity contribution is -0.142. The van der Waals surface area contributed by atoms with Gasteiger partial charge in [-0.15, -0.1) is 11.8 Å². The summed E-state index contributed by atoms with van der Waals surface area (Å²) in [4.78, 5) is 87.6. The van der Waals surface area contributed by atoms with E-state index < -0.39 is 47.6 Å². The van der Waals surface area contributed by atoms with Gasteiger partial charge in [0.2, 0.25) is 5.91 Å². The monoisotopic (exact) mass is 872 g/mol. The number of aliphatic carboxylic acids is 1. The van der Waals surface area contributed by atoms with Crippen LogP contribution in [0.15, 0.2) is 65.1 Å². The number of nitrogens with one attached hydrogen (secondary N) is 2. The van der Waals surface area contributed by atoms with Gasteiger partial charge in [0.15, 0.2) is 0 Å². The van der Waals surface area contributed by atoms with Crippen molar-refractivity contribution in [3.8, 4) is 5.75 Å². The molecule has 0 saturated carbocycles. The topological polar surface area (TPSA) is 183 Å². The SMILES string of the molecule is CCC(CC)N1C(=O)c2ccc3c4c(SCC(NC)C(=O)NC(CC5=CCCC=C5)C(=O)O)cc5c6c(ccc(c7c(OCCO)cc(c2c37)C1=O)c64)C(=O)N(C(CC)CC)C5=O. The Kier molecular flexibility index (Phi) is 12.3. The smallest absolute Gasteiger partial charge is 0.326 e. The fourth-order valence-corrected chi connectivity index (χ4v) is 11.0. The summed E-state index contributed by atoms with van der Waals surface area (Å²) in [6, 6.07) is 7.85. The van der Waals surface area contributed by atoms with Crippen LogP contribution in [-0.4, -0.2) is 106 Å². The molecule has 2 unspecified atom stereocenters. The molecule has 2 aliphatic heterocycles. The largest absolute Gasteiger partial charge is 0.491 e. The first-order valence-electron chi connectivity index (χ1n) is 21.9. The Hall–Kier alpha value is -5.83. The number of benzene rings is 5. The van der Waals surface area contributed by atoms with Crippen LogP contribution in [0.1, 0.15) is 114 Å². The van der Waals surface area contributed by atoms with Crippen molar-refractivity contribution < 1.29 is 43.7 Å². The third-order valence-corrected chi connectivity index (χ3v) is 14.1. The number of carbonyl (C=O) groups excluding carboxylic acids is 5. The standard InChI is InChI=1S/C49H52N4O9S/c1-6-26(7-2)52-45(56)30-18-16-29-41-37(63-24-35(50-5)44(55)51-34(49(60)61)21-25-13-11-10-12-14-25)23-33-39-31(46(57)53(48(33)59)27(8-3)9-4)17-15-28(43(39)41)40-36(62-20-19-54)22-32(47(52)58)38(30)42(29)40/h11,13-18,22-23,26-27,34-35,50,54H,6-10,12,19-21,24H2,1-5H3,(H,51,55)(H,60,61). The van der Waals surface area contributed by atoms with Crippen molar-refractivity contribution in [2.75, 3.05) is 26.0 Å². The van der Waals surface area contributed by atoms with Crippen molar-refractivity contribution in [2.24, 2.45) is 0 Å². The first kappa shape index (κ1) is 43.8. The highest BCUT2D eigenvalue weighted by molar-refractivity contribution is 7.99. The number of aliphatic hydroxyl groups excluding tert-OH is 1. The highest BCUT2D eigenvalue weighted by atomic mass is 32.2. The van der Waals surface area contributed by atoms with Crippen LogP contribution >= 0.6 is 11.8 Å². The highest BCUT2D eigenvalue weighted by Gasteiger charge is 2.41. The molecule has 0 saturated heterocycles. The molecule has 328 valence electrons. The molecule has 0 radical (unpaired) electrons. The zero-order valence-corrected chi connectivity index (χ0v) is 36.9. The van der Waals surface area contributed by atoms with Gasteiger partial charge in [-0.1, -0.05) is 58.1 Å². The van der Waals surface area contributed by atoms with Gasteiger partial charge in [-0.05, 0) is 86.2 Å². The quantitative estimate of drug-likeness (QED) is 0.0295. The number of fused-ring (bicyclic) bond motifs is 2. The number of carbonyl (C=O) groups is 6. The molecule has 5 aromatic carbocycles. The minimum Gasteiger partial charge on any atom is -0.491 e. The maximum absolute atomic E-state index is 14.7. The molecule has 5 aromatic rings. The first-order valence-corrected chi connectivity index (χ1v) is 22.9. The number of hydrogen-bond acceptors (Lipinski definition) is 10. The average Bonchev–Trinajstić information content (AvgIpc) is 3.29. The van der Waals surface area contributed by atoms with E-state index in [9.17, 15) is 39.0 Å². The molecule has 63 heavy (non-hydrogen) atoms. The lowest BCUT2D eigenvalue weighted by Crippen LogP contribution is -2.50. The minimum atomic E-state index is -1.16. The maximum atomic E-state index is 14.7. The zero-order chi connectivity index (χ0) is 44.9. The number of thioether (sulfide) groups is 1. The van der Waals surface area contributed by atoms with Crippen LogP contribution < -0.4 is 15.4 Å². The third-order valence-electron chi connectivity index (χ3n) is 13.0. The van der Waals surface area contributed by atoms with Crippen molar-refractivity contribution in [1.29, 1.82) is 0 Å². The van der Waals surface area contributed by atoms with Gasteiger partial charge >= 0.3 is 5.97 Å². The van der Waals surface area contributed by atoms with Crippen LogP contribution in [0.3, 0.4) is 0 Å². The molecule has 8 rings (SSSR count). The van der Waals surface area contributed by atoms with Gasteiger partial charge in [-0.3, -0.25) is 33.8 Å². The molecule has 3 aliphatic rings. The van der Waals surface area contributed by atoms with Gasteiger partial charge in [0.1, 0.15) is 18.4 Å². The van der Waals surface area contributed by atoms with E-state index in [2.05, 4.69) is 10.6 Å². The number of amides is 5. The number of ether oxygens (including phenoxy) is 1. The minimum absolute atomic E-state index is 0.0859. The Labute approximate surface area is 369 Å². The molecule has 1 aliphatic carbocycles. The second-order valence-electron chi connectivity index (χ2n) is 16.4. The number of allylic oxidation sites excluding steroid dienone is 3. The van der Waals surface area contributed by atoms with E-state index in [4.69, 9.17) is 4.74 Å². The Morgan fingerprint density at radius 2 is 1.29 bits per heavy atom. The van der Waals surface area contributed by atoms with E-state index in [1.54, 1.807) is 31.3 Å². The predicted molar refractivity (Wildman–Crippen MR) is 244 cm³/mol. The van der Waals surface area contributed by atoms with Gasteiger partial charge in [-0.25, -0.2) is 4.79 Å². The van der Waals surface area contributed by atoms with Gasteiger partial charge in [0.05, 0.1) is 18.2 Å². The molecular formula is C49H52N4O9S. The Balaban J connectivity index is 1.36. The number of imide groups is 2. The number of likely N-dealkylation sites (N-methyl/N-ethyl adjacent to an activating group) is 1. The van der Waals surface area contributed by atoms with Crippen LogP contribution in [0, 0.1) is 0 Å². The van der Waals surface area contributed by atoms with E-state index in [0.29, 0.717) is 102 Å². The second-order valence-corrected chi connectivity index (χ2v) is 17.5. The number of aliphatic hydroxyl groups is 1. The highest BCUT2D eigenvalue weighted by Crippen LogP contribution is 2.52. The lowest BCUT2D eigenvalue weighted by atomic mass is 9.81. The maximum Gasteiger partial charge on any atom is 0.326 e. The summed E-state index contributed by atoms with van der Waals surface area (Å²) in [5.41, 5.74) is 2.17. The summed E-state index contributed by atoms with van der Waals surface area (Å²) >= 11 is 1.31. The Morgan fingerprint density at radius 1 is 0.730 bits per heavy atom. The summed E-state index contributed by atoms with van der Waals surface area (Å²) in [5.74, 6) is -2.91. The lowest BCUT2D eigenvalue weighted by Gasteiger charge is -2.35. The first-order chi connectivity index (χ1) is 30.4. The van der Waals surface area contributed by atoms with Crippen LogP contribution in [0.5, 0.6) is 5.75 Å². The van der Waals surface area contributed by atoms with Gasteiger partial charge < -0.3 is 25.6 Å². The molecule has 4 N–H and O–H groups in total. The second kappa shape index (κ2) is 17.7. The van der Waals surface area contributed by atoms with Gasteiger partial charge in [0.25, 0.3) is 23.6 Å². The van der Waals surface area contributed by atoms with Crippen molar-refractivity contribution >= 4 is 90.4 Å². The van der Waals surface area contributed by atoms with Crippen LogP contribution in [-0.2, 0) is 9.59 Å². The normalized spacial score (nSPS) is 16.1. The molecule has 0 aromatic heterocycles. The fourth-order valence-electron chi connectivity index (χ4n) is 9.77. The number of rotatable bonds is 18. The van der Waals surface area contributed by atoms with Gasteiger partial charge in [-0.2, -0.15) is 0 Å². The molecule has 13 nitrogen and oxygen atoms in total. The predicted octanol–water partition coefficient (Wildman–Crippen LogP) is 7.59. The number of carboxylic acid groups (broad SMARTS) is 1. The van der Waals surface area contributed by atoms with Crippen LogP contribution in [0.2, 0.25) is 0 Å². The Morgan fingerprint density at radius 3 is 1.81 bits per heavy atom. The summed E-state index contributed by atoms with van der Waals surface area (Å²) < 4.78 is 6.26. The number of carboxylic acids is 1. The molecule has 0 fully saturated rings. The molecular weight excluding hydrogens is 821 g/mol. The molecule has 0 spiro atoms. The summed E-state index contributed by atoms with van der Waals surface area (Å²) in [6.45, 7) is 7.36. The number of nitrogens with zero attached hydrogens (tertiary/aromatic N) is 2. The van der Waals surface area contributed by atoms with E-state index in [1.807, 2.05) is 58.1 Å². The molecule has 2 heterocycles. The third kappa shape index (κ3) is 7.21. The van der Waals surface area contributed by atoms with E-state index in [0.717, 1.165) is 18.4 Å². The molecule has 5 amide bonds. The van der Waals surface area contributed by atoms with E-state index in [-0.39, 0.29) is 37.5 Å². The fraction of sp³-hybridized carbons (Fsp3) is 0.388. The summed E-state index contributed by atoms with van der Waals surface area (Å²) in [7, 11) is 1.62. The average molecular weight is 873 g/mol. The van der Waals surface area contributed by atoms with Crippen molar-refractivity contribution in [3.63, 3.8) is 0 Å². The van der Waals surface area contributed by atoms with Crippen LogP contribution in [0.4, 0.5) is 0 Å². The molecule has 14 heteroatoms.